The van der Waals surface area contributed by atoms with Gasteiger partial charge in [0.1, 0.15) is 0 Å². The van der Waals surface area contributed by atoms with E-state index in [4.69, 9.17) is 5.73 Å². The van der Waals surface area contributed by atoms with Gasteiger partial charge in [-0.3, -0.25) is 14.7 Å². The first-order valence-electron chi connectivity index (χ1n) is 7.02. The molecule has 1 saturated heterocycles. The number of nitrogens with two attached hydrogens (primary N) is 1. The molecule has 0 aromatic carbocycles. The SMILES string of the molecule is CCc1[nH]nc(C(=O)NCCC(=O)N2CCCC2)c1N. The summed E-state index contributed by atoms with van der Waals surface area (Å²) >= 11 is 0. The van der Waals surface area contributed by atoms with Crippen LogP contribution in [0.2, 0.25) is 0 Å². The number of likely N-dealkylation sites (tertiary alicyclic amines) is 1. The second-order valence-corrected chi connectivity index (χ2v) is 4.91. The summed E-state index contributed by atoms with van der Waals surface area (Å²) in [7, 11) is 0. The molecule has 1 fully saturated rings. The minimum Gasteiger partial charge on any atom is -0.395 e. The minimum atomic E-state index is -0.340. The quantitative estimate of drug-likeness (QED) is 0.721. The van der Waals surface area contributed by atoms with Crippen LogP contribution in [-0.4, -0.2) is 46.5 Å². The van der Waals surface area contributed by atoms with Crippen LogP contribution in [0.15, 0.2) is 0 Å². The maximum absolute atomic E-state index is 11.9. The van der Waals surface area contributed by atoms with Gasteiger partial charge in [0.15, 0.2) is 5.69 Å². The van der Waals surface area contributed by atoms with Crippen molar-refractivity contribution in [2.24, 2.45) is 0 Å². The summed E-state index contributed by atoms with van der Waals surface area (Å²) < 4.78 is 0. The van der Waals surface area contributed by atoms with Gasteiger partial charge in [-0.2, -0.15) is 5.10 Å². The van der Waals surface area contributed by atoms with Crippen molar-refractivity contribution in [1.82, 2.24) is 20.4 Å². The molecule has 7 nitrogen and oxygen atoms in total. The fraction of sp³-hybridized carbons (Fsp3) is 0.615. The van der Waals surface area contributed by atoms with E-state index in [1.807, 2.05) is 11.8 Å². The van der Waals surface area contributed by atoms with Crippen LogP contribution in [-0.2, 0) is 11.2 Å². The van der Waals surface area contributed by atoms with Gasteiger partial charge in [-0.15, -0.1) is 0 Å². The summed E-state index contributed by atoms with van der Waals surface area (Å²) in [6.07, 6.45) is 3.15. The van der Waals surface area contributed by atoms with Gasteiger partial charge < -0.3 is 16.0 Å². The Morgan fingerprint density at radius 2 is 2.10 bits per heavy atom. The molecular formula is C13H21N5O2. The molecule has 0 aliphatic carbocycles. The Hall–Kier alpha value is -2.05. The lowest BCUT2D eigenvalue weighted by Crippen LogP contribution is -2.33. The maximum atomic E-state index is 11.9. The molecule has 20 heavy (non-hydrogen) atoms. The first-order chi connectivity index (χ1) is 9.63. The lowest BCUT2D eigenvalue weighted by molar-refractivity contribution is -0.129. The summed E-state index contributed by atoms with van der Waals surface area (Å²) in [6, 6.07) is 0. The Kier molecular flexibility index (Phi) is 4.60. The van der Waals surface area contributed by atoms with Crippen LogP contribution in [0.3, 0.4) is 0 Å². The Bertz CT molecular complexity index is 491. The van der Waals surface area contributed by atoms with Crippen molar-refractivity contribution in [2.75, 3.05) is 25.4 Å². The van der Waals surface area contributed by atoms with Crippen LogP contribution >= 0.6 is 0 Å². The monoisotopic (exact) mass is 279 g/mol. The molecule has 2 amide bonds. The van der Waals surface area contributed by atoms with Crippen LogP contribution < -0.4 is 11.1 Å². The topological polar surface area (TPSA) is 104 Å². The predicted molar refractivity (Wildman–Crippen MR) is 75.1 cm³/mol. The molecule has 7 heteroatoms. The van der Waals surface area contributed by atoms with Crippen LogP contribution in [0, 0.1) is 0 Å². The summed E-state index contributed by atoms with van der Waals surface area (Å²) in [4.78, 5) is 25.5. The van der Waals surface area contributed by atoms with Gasteiger partial charge in [0.25, 0.3) is 5.91 Å². The Morgan fingerprint density at radius 3 is 2.70 bits per heavy atom. The van der Waals surface area contributed by atoms with Crippen LogP contribution in [0.5, 0.6) is 0 Å². The lowest BCUT2D eigenvalue weighted by atomic mass is 10.2. The van der Waals surface area contributed by atoms with Gasteiger partial charge >= 0.3 is 0 Å². The molecule has 2 rings (SSSR count). The average molecular weight is 279 g/mol. The lowest BCUT2D eigenvalue weighted by Gasteiger charge is -2.14. The van der Waals surface area contributed by atoms with Crippen molar-refractivity contribution >= 4 is 17.5 Å². The smallest absolute Gasteiger partial charge is 0.273 e. The molecule has 0 bridgehead atoms. The van der Waals surface area contributed by atoms with E-state index in [9.17, 15) is 9.59 Å². The average Bonchev–Trinajstić information content (AvgIpc) is 3.07. The molecule has 4 N–H and O–H groups in total. The third-order valence-corrected chi connectivity index (χ3v) is 3.53. The third kappa shape index (κ3) is 3.09. The summed E-state index contributed by atoms with van der Waals surface area (Å²) in [5.41, 5.74) is 7.16. The molecule has 110 valence electrons. The van der Waals surface area contributed by atoms with E-state index < -0.39 is 0 Å². The second kappa shape index (κ2) is 6.40. The van der Waals surface area contributed by atoms with Crippen molar-refractivity contribution in [3.8, 4) is 0 Å². The fourth-order valence-electron chi connectivity index (χ4n) is 2.32. The normalized spacial score (nSPS) is 14.6. The summed E-state index contributed by atoms with van der Waals surface area (Å²) in [6.45, 7) is 3.90. The van der Waals surface area contributed by atoms with Crippen molar-refractivity contribution in [2.45, 2.75) is 32.6 Å². The van der Waals surface area contributed by atoms with E-state index in [-0.39, 0.29) is 17.5 Å². The van der Waals surface area contributed by atoms with Gasteiger partial charge in [-0.1, -0.05) is 6.92 Å². The van der Waals surface area contributed by atoms with Crippen molar-refractivity contribution in [3.63, 3.8) is 0 Å². The number of nitrogens with zero attached hydrogens (tertiary/aromatic N) is 2. The predicted octanol–water partition coefficient (Wildman–Crippen LogP) is 0.297. The molecule has 1 aromatic rings. The number of anilines is 1. The minimum absolute atomic E-state index is 0.0899. The number of H-pyrrole nitrogens is 1. The number of carbonyl (C=O) groups excluding carboxylic acids is 2. The maximum Gasteiger partial charge on any atom is 0.273 e. The van der Waals surface area contributed by atoms with Gasteiger partial charge in [0.2, 0.25) is 5.91 Å². The molecule has 0 radical (unpaired) electrons. The number of carbonyl (C=O) groups is 2. The Balaban J connectivity index is 1.80. The molecular weight excluding hydrogens is 258 g/mol. The van der Waals surface area contributed by atoms with Gasteiger partial charge in [-0.05, 0) is 19.3 Å². The fourth-order valence-corrected chi connectivity index (χ4v) is 2.32. The molecule has 2 heterocycles. The van der Waals surface area contributed by atoms with Crippen LogP contribution in [0.1, 0.15) is 42.4 Å². The number of nitrogens with one attached hydrogen (secondary N) is 2. The van der Waals surface area contributed by atoms with E-state index in [1.165, 1.54) is 0 Å². The number of hydrogen-bond acceptors (Lipinski definition) is 4. The van der Waals surface area contributed by atoms with Gasteiger partial charge in [-0.25, -0.2) is 0 Å². The molecule has 0 unspecified atom stereocenters. The van der Waals surface area contributed by atoms with E-state index in [0.29, 0.717) is 25.1 Å². The number of aromatic amines is 1. The Labute approximate surface area is 117 Å². The molecule has 0 saturated carbocycles. The van der Waals surface area contributed by atoms with E-state index >= 15 is 0 Å². The molecule has 1 aromatic heterocycles. The highest BCUT2D eigenvalue weighted by Crippen LogP contribution is 2.14. The Morgan fingerprint density at radius 1 is 1.40 bits per heavy atom. The van der Waals surface area contributed by atoms with Crippen molar-refractivity contribution in [3.05, 3.63) is 11.4 Å². The molecule has 0 spiro atoms. The standard InChI is InChI=1S/C13H21N5O2/c1-2-9-11(14)12(17-16-9)13(20)15-6-5-10(19)18-7-3-4-8-18/h2-8,14H2,1H3,(H,15,20)(H,16,17). The molecule has 1 aliphatic rings. The zero-order valence-electron chi connectivity index (χ0n) is 11.7. The number of hydrogen-bond donors (Lipinski definition) is 3. The van der Waals surface area contributed by atoms with Crippen LogP contribution in [0.25, 0.3) is 0 Å². The number of amides is 2. The highest BCUT2D eigenvalue weighted by Gasteiger charge is 2.19. The number of nitrogen functional groups attached to an aromatic ring is 1. The van der Waals surface area contributed by atoms with Crippen molar-refractivity contribution < 1.29 is 9.59 Å². The number of aromatic nitrogens is 2. The summed E-state index contributed by atoms with van der Waals surface area (Å²) in [5.74, 6) is -0.250. The first-order valence-corrected chi connectivity index (χ1v) is 7.02. The largest absolute Gasteiger partial charge is 0.395 e. The highest BCUT2D eigenvalue weighted by molar-refractivity contribution is 5.97. The van der Waals surface area contributed by atoms with E-state index in [2.05, 4.69) is 15.5 Å². The first kappa shape index (κ1) is 14.4. The summed E-state index contributed by atoms with van der Waals surface area (Å²) in [5, 5.41) is 9.32. The van der Waals surface area contributed by atoms with Gasteiger partial charge in [0, 0.05) is 26.1 Å². The van der Waals surface area contributed by atoms with Gasteiger partial charge in [0.05, 0.1) is 11.4 Å². The van der Waals surface area contributed by atoms with E-state index in [0.717, 1.165) is 31.6 Å². The number of rotatable bonds is 5. The molecule has 0 atom stereocenters. The zero-order chi connectivity index (χ0) is 14.5. The molecule has 1 aliphatic heterocycles. The second-order valence-electron chi connectivity index (χ2n) is 4.91. The van der Waals surface area contributed by atoms with Crippen molar-refractivity contribution in [1.29, 1.82) is 0 Å². The number of aryl methyl sites for hydroxylation is 1. The third-order valence-electron chi connectivity index (χ3n) is 3.53. The van der Waals surface area contributed by atoms with E-state index in [1.54, 1.807) is 0 Å². The van der Waals surface area contributed by atoms with Crippen LogP contribution in [0.4, 0.5) is 5.69 Å². The highest BCUT2D eigenvalue weighted by atomic mass is 16.2. The zero-order valence-corrected chi connectivity index (χ0v) is 11.7.